The second-order valence-electron chi connectivity index (χ2n) is 6.19. The molecule has 2 saturated heterocycles. The fourth-order valence-electron chi connectivity index (χ4n) is 3.23. The number of pyridine rings is 1. The number of likely N-dealkylation sites (tertiary alicyclic amines) is 1. The Balaban J connectivity index is 1.41. The Labute approximate surface area is 121 Å². The third kappa shape index (κ3) is 3.70. The lowest BCUT2D eigenvalue weighted by atomic mass is 10.1. The molecule has 110 valence electrons. The first-order chi connectivity index (χ1) is 9.79. The maximum absolute atomic E-state index is 5.46. The predicted octanol–water partition coefficient (Wildman–Crippen LogP) is 2.16. The van der Waals surface area contributed by atoms with Gasteiger partial charge >= 0.3 is 0 Å². The van der Waals surface area contributed by atoms with Gasteiger partial charge in [-0.2, -0.15) is 0 Å². The highest BCUT2D eigenvalue weighted by molar-refractivity contribution is 5.35. The molecule has 0 amide bonds. The van der Waals surface area contributed by atoms with E-state index in [9.17, 15) is 0 Å². The molecule has 2 unspecified atom stereocenters. The number of aromatic nitrogens is 1. The summed E-state index contributed by atoms with van der Waals surface area (Å²) in [5.41, 5.74) is 1.07. The molecule has 2 aliphatic rings. The summed E-state index contributed by atoms with van der Waals surface area (Å²) in [4.78, 5) is 7.10. The zero-order valence-electron chi connectivity index (χ0n) is 12.3. The van der Waals surface area contributed by atoms with Crippen LogP contribution in [0.3, 0.4) is 0 Å². The molecule has 0 bridgehead atoms. The first kappa shape index (κ1) is 13.8. The van der Waals surface area contributed by atoms with Crippen molar-refractivity contribution in [1.82, 2.24) is 9.88 Å². The minimum absolute atomic E-state index is 0.750. The lowest BCUT2D eigenvalue weighted by Gasteiger charge is -2.19. The minimum Gasteiger partial charge on any atom is -0.381 e. The van der Waals surface area contributed by atoms with Crippen molar-refractivity contribution in [1.29, 1.82) is 0 Å². The van der Waals surface area contributed by atoms with E-state index < -0.39 is 0 Å². The number of ether oxygens (including phenoxy) is 1. The van der Waals surface area contributed by atoms with Gasteiger partial charge in [0.25, 0.3) is 0 Å². The maximum Gasteiger partial charge on any atom is 0.126 e. The average molecular weight is 275 g/mol. The molecule has 2 atom stereocenters. The number of anilines is 1. The molecule has 20 heavy (non-hydrogen) atoms. The van der Waals surface area contributed by atoms with Crippen LogP contribution in [0.4, 0.5) is 5.82 Å². The Bertz CT molecular complexity index is 431. The number of nitrogens with zero attached hydrogens (tertiary/aromatic N) is 2. The molecule has 4 nitrogen and oxygen atoms in total. The molecular weight excluding hydrogens is 250 g/mol. The molecule has 2 aliphatic heterocycles. The second kappa shape index (κ2) is 6.55. The van der Waals surface area contributed by atoms with Gasteiger partial charge in [0.1, 0.15) is 5.82 Å². The summed E-state index contributed by atoms with van der Waals surface area (Å²) in [7, 11) is 0. The molecule has 0 radical (unpaired) electrons. The Kier molecular flexibility index (Phi) is 4.53. The van der Waals surface area contributed by atoms with Crippen molar-refractivity contribution < 1.29 is 4.74 Å². The highest BCUT2D eigenvalue weighted by Crippen LogP contribution is 2.21. The summed E-state index contributed by atoms with van der Waals surface area (Å²) in [6.45, 7) is 8.67. The first-order valence-electron chi connectivity index (χ1n) is 7.77. The predicted molar refractivity (Wildman–Crippen MR) is 80.9 cm³/mol. The molecular formula is C16H25N3O. The Morgan fingerprint density at radius 1 is 1.35 bits per heavy atom. The number of hydrogen-bond acceptors (Lipinski definition) is 4. The van der Waals surface area contributed by atoms with Gasteiger partial charge < -0.3 is 15.0 Å². The Morgan fingerprint density at radius 2 is 2.30 bits per heavy atom. The van der Waals surface area contributed by atoms with Crippen LogP contribution in [-0.2, 0) is 4.74 Å². The van der Waals surface area contributed by atoms with Crippen LogP contribution < -0.4 is 5.32 Å². The summed E-state index contributed by atoms with van der Waals surface area (Å²) in [6, 6.07) is 6.15. The molecule has 2 fully saturated rings. The van der Waals surface area contributed by atoms with Crippen molar-refractivity contribution in [2.45, 2.75) is 19.8 Å². The molecule has 0 aromatic carbocycles. The second-order valence-corrected chi connectivity index (χ2v) is 6.19. The van der Waals surface area contributed by atoms with Crippen molar-refractivity contribution in [2.75, 3.05) is 44.7 Å². The van der Waals surface area contributed by atoms with E-state index >= 15 is 0 Å². The van der Waals surface area contributed by atoms with Crippen molar-refractivity contribution in [2.24, 2.45) is 11.8 Å². The number of hydrogen-bond donors (Lipinski definition) is 1. The highest BCUT2D eigenvalue weighted by atomic mass is 16.5. The zero-order valence-corrected chi connectivity index (χ0v) is 12.3. The normalized spacial score (nSPS) is 27.1. The van der Waals surface area contributed by atoms with Crippen molar-refractivity contribution in [3.05, 3.63) is 23.9 Å². The van der Waals surface area contributed by atoms with Crippen molar-refractivity contribution >= 4 is 5.82 Å². The molecule has 1 N–H and O–H groups in total. The van der Waals surface area contributed by atoms with Gasteiger partial charge in [0.15, 0.2) is 0 Å². The molecule has 3 rings (SSSR count). The van der Waals surface area contributed by atoms with E-state index in [2.05, 4.69) is 27.3 Å². The first-order valence-corrected chi connectivity index (χ1v) is 7.77. The van der Waals surface area contributed by atoms with E-state index in [1.54, 1.807) is 0 Å². The van der Waals surface area contributed by atoms with Crippen LogP contribution in [-0.4, -0.2) is 49.3 Å². The summed E-state index contributed by atoms with van der Waals surface area (Å²) in [5, 5.41) is 3.48. The zero-order chi connectivity index (χ0) is 13.8. The summed E-state index contributed by atoms with van der Waals surface area (Å²) in [6.07, 6.45) is 2.54. The van der Waals surface area contributed by atoms with E-state index in [-0.39, 0.29) is 0 Å². The average Bonchev–Trinajstić information content (AvgIpc) is 3.09. The van der Waals surface area contributed by atoms with E-state index in [1.807, 2.05) is 13.0 Å². The van der Waals surface area contributed by atoms with Gasteiger partial charge in [-0.15, -0.1) is 0 Å². The standard InChI is InChI=1S/C16H25N3O/c1-13-3-2-4-16(18-13)17-9-14-5-7-19(10-14)11-15-6-8-20-12-15/h2-4,14-15H,5-12H2,1H3,(H,17,18). The van der Waals surface area contributed by atoms with Crippen LogP contribution in [0.25, 0.3) is 0 Å². The smallest absolute Gasteiger partial charge is 0.126 e. The van der Waals surface area contributed by atoms with Crippen LogP contribution in [0.1, 0.15) is 18.5 Å². The van der Waals surface area contributed by atoms with Gasteiger partial charge in [0, 0.05) is 31.9 Å². The maximum atomic E-state index is 5.46. The van der Waals surface area contributed by atoms with E-state index in [4.69, 9.17) is 4.74 Å². The molecule has 4 heteroatoms. The lowest BCUT2D eigenvalue weighted by molar-refractivity contribution is 0.173. The fraction of sp³-hybridized carbons (Fsp3) is 0.688. The lowest BCUT2D eigenvalue weighted by Crippen LogP contribution is -2.28. The van der Waals surface area contributed by atoms with Gasteiger partial charge in [-0.25, -0.2) is 4.98 Å². The van der Waals surface area contributed by atoms with Crippen molar-refractivity contribution in [3.8, 4) is 0 Å². The fourth-order valence-corrected chi connectivity index (χ4v) is 3.23. The van der Waals surface area contributed by atoms with Gasteiger partial charge in [-0.05, 0) is 50.3 Å². The number of aryl methyl sites for hydroxylation is 1. The number of nitrogens with one attached hydrogen (secondary N) is 1. The van der Waals surface area contributed by atoms with Gasteiger partial charge in [0.2, 0.25) is 0 Å². The van der Waals surface area contributed by atoms with Crippen LogP contribution in [0, 0.1) is 18.8 Å². The summed E-state index contributed by atoms with van der Waals surface area (Å²) < 4.78 is 5.46. The Hall–Kier alpha value is -1.13. The van der Waals surface area contributed by atoms with Crippen LogP contribution in [0.15, 0.2) is 18.2 Å². The summed E-state index contributed by atoms with van der Waals surface area (Å²) in [5.74, 6) is 2.52. The Morgan fingerprint density at radius 3 is 3.10 bits per heavy atom. The largest absolute Gasteiger partial charge is 0.381 e. The highest BCUT2D eigenvalue weighted by Gasteiger charge is 2.26. The molecule has 1 aromatic heterocycles. The topological polar surface area (TPSA) is 37.4 Å². The number of rotatable bonds is 5. The van der Waals surface area contributed by atoms with Gasteiger partial charge in [-0.1, -0.05) is 6.07 Å². The van der Waals surface area contributed by atoms with Crippen LogP contribution in [0.5, 0.6) is 0 Å². The van der Waals surface area contributed by atoms with E-state index in [0.29, 0.717) is 0 Å². The van der Waals surface area contributed by atoms with E-state index in [1.165, 1.54) is 32.5 Å². The third-order valence-electron chi connectivity index (χ3n) is 4.37. The van der Waals surface area contributed by atoms with Crippen LogP contribution in [0.2, 0.25) is 0 Å². The van der Waals surface area contributed by atoms with E-state index in [0.717, 1.165) is 43.1 Å². The van der Waals surface area contributed by atoms with Crippen LogP contribution >= 0.6 is 0 Å². The quantitative estimate of drug-likeness (QED) is 0.893. The van der Waals surface area contributed by atoms with Gasteiger partial charge in [0.05, 0.1) is 6.61 Å². The molecule has 1 aromatic rings. The van der Waals surface area contributed by atoms with Gasteiger partial charge in [-0.3, -0.25) is 0 Å². The minimum atomic E-state index is 0.750. The SMILES string of the molecule is Cc1cccc(NCC2CCN(CC3CCOC3)C2)n1. The summed E-state index contributed by atoms with van der Waals surface area (Å²) >= 11 is 0. The van der Waals surface area contributed by atoms with Crippen molar-refractivity contribution in [3.63, 3.8) is 0 Å². The molecule has 0 spiro atoms. The molecule has 3 heterocycles. The molecule has 0 saturated carbocycles. The third-order valence-corrected chi connectivity index (χ3v) is 4.37. The monoisotopic (exact) mass is 275 g/mol. The molecule has 0 aliphatic carbocycles.